The fourth-order valence-electron chi connectivity index (χ4n) is 2.54. The number of rotatable bonds is 9. The molecule has 6 nitrogen and oxygen atoms in total. The number of methoxy groups -OCH3 is 1. The highest BCUT2D eigenvalue weighted by Crippen LogP contribution is 2.18. The summed E-state index contributed by atoms with van der Waals surface area (Å²) in [7, 11) is 1.55. The van der Waals surface area contributed by atoms with Gasteiger partial charge in [0.05, 0.1) is 18.5 Å². The maximum atomic E-state index is 12.4. The first-order valence-corrected chi connectivity index (χ1v) is 9.56. The molecule has 1 aromatic carbocycles. The van der Waals surface area contributed by atoms with E-state index in [9.17, 15) is 14.4 Å². The van der Waals surface area contributed by atoms with Gasteiger partial charge in [-0.3, -0.25) is 14.4 Å². The summed E-state index contributed by atoms with van der Waals surface area (Å²) >= 11 is 1.43. The lowest BCUT2D eigenvalue weighted by Gasteiger charge is -2.20. The van der Waals surface area contributed by atoms with E-state index >= 15 is 0 Å². The average molecular weight is 388 g/mol. The Kier molecular flexibility index (Phi) is 7.55. The third-order valence-electron chi connectivity index (χ3n) is 4.00. The van der Waals surface area contributed by atoms with Crippen molar-refractivity contribution in [1.82, 2.24) is 4.90 Å². The molecular formula is C20H24N2O4S. The Morgan fingerprint density at radius 1 is 1.15 bits per heavy atom. The van der Waals surface area contributed by atoms with Crippen LogP contribution in [0.1, 0.15) is 34.3 Å². The van der Waals surface area contributed by atoms with Gasteiger partial charge in [-0.2, -0.15) is 0 Å². The van der Waals surface area contributed by atoms with Crippen LogP contribution in [-0.2, 0) is 9.59 Å². The summed E-state index contributed by atoms with van der Waals surface area (Å²) in [6, 6.07) is 10.7. The van der Waals surface area contributed by atoms with Crippen LogP contribution in [-0.4, -0.2) is 42.7 Å². The van der Waals surface area contributed by atoms with Crippen LogP contribution in [0.3, 0.4) is 0 Å². The topological polar surface area (TPSA) is 75.7 Å². The normalized spacial score (nSPS) is 10.3. The Morgan fingerprint density at radius 2 is 1.93 bits per heavy atom. The lowest BCUT2D eigenvalue weighted by molar-refractivity contribution is -0.134. The van der Waals surface area contributed by atoms with E-state index in [1.165, 1.54) is 16.2 Å². The Bertz CT molecular complexity index is 816. The van der Waals surface area contributed by atoms with E-state index in [1.54, 1.807) is 44.4 Å². The minimum absolute atomic E-state index is 0.0432. The van der Waals surface area contributed by atoms with Crippen LogP contribution in [0.5, 0.6) is 5.75 Å². The molecule has 2 amide bonds. The van der Waals surface area contributed by atoms with Gasteiger partial charge in [0.25, 0.3) is 0 Å². The van der Waals surface area contributed by atoms with Crippen LogP contribution in [0.2, 0.25) is 0 Å². The first-order chi connectivity index (χ1) is 12.9. The largest absolute Gasteiger partial charge is 0.497 e. The zero-order chi connectivity index (χ0) is 19.8. The van der Waals surface area contributed by atoms with Gasteiger partial charge in [0.15, 0.2) is 5.78 Å². The number of anilines is 1. The van der Waals surface area contributed by atoms with Crippen molar-refractivity contribution in [3.63, 3.8) is 0 Å². The number of benzene rings is 1. The van der Waals surface area contributed by atoms with Gasteiger partial charge in [0, 0.05) is 36.0 Å². The molecule has 7 heteroatoms. The van der Waals surface area contributed by atoms with E-state index in [2.05, 4.69) is 5.32 Å². The smallest absolute Gasteiger partial charge is 0.243 e. The number of nitrogens with one attached hydrogen (secondary N) is 1. The number of nitrogens with zero attached hydrogens (tertiary/aromatic N) is 1. The number of carbonyl (C=O) groups is 3. The molecule has 144 valence electrons. The number of hydrogen-bond donors (Lipinski definition) is 1. The van der Waals surface area contributed by atoms with Crippen LogP contribution in [0, 0.1) is 6.92 Å². The predicted octanol–water partition coefficient (Wildman–Crippen LogP) is 3.52. The van der Waals surface area contributed by atoms with Gasteiger partial charge in [-0.15, -0.1) is 11.3 Å². The summed E-state index contributed by atoms with van der Waals surface area (Å²) in [5.74, 6) is 0.0930. The van der Waals surface area contributed by atoms with Gasteiger partial charge in [0.2, 0.25) is 11.8 Å². The quantitative estimate of drug-likeness (QED) is 0.667. The zero-order valence-corrected chi connectivity index (χ0v) is 16.6. The van der Waals surface area contributed by atoms with E-state index < -0.39 is 0 Å². The Balaban J connectivity index is 1.86. The molecule has 0 saturated heterocycles. The van der Waals surface area contributed by atoms with Crippen molar-refractivity contribution in [1.29, 1.82) is 0 Å². The van der Waals surface area contributed by atoms with Gasteiger partial charge in [-0.1, -0.05) is 6.07 Å². The molecule has 1 heterocycles. The van der Waals surface area contributed by atoms with E-state index in [1.807, 2.05) is 13.0 Å². The zero-order valence-electron chi connectivity index (χ0n) is 15.8. The molecule has 2 rings (SSSR count). The molecule has 0 spiro atoms. The van der Waals surface area contributed by atoms with Crippen molar-refractivity contribution in [2.45, 2.75) is 26.7 Å². The first-order valence-electron chi connectivity index (χ1n) is 8.74. The van der Waals surface area contributed by atoms with Crippen molar-refractivity contribution in [3.8, 4) is 5.75 Å². The number of aryl methyl sites for hydroxylation is 1. The average Bonchev–Trinajstić information content (AvgIpc) is 3.10. The highest BCUT2D eigenvalue weighted by Gasteiger charge is 2.18. The van der Waals surface area contributed by atoms with E-state index in [4.69, 9.17) is 4.74 Å². The van der Waals surface area contributed by atoms with Crippen LogP contribution < -0.4 is 10.1 Å². The van der Waals surface area contributed by atoms with Gasteiger partial charge in [-0.25, -0.2) is 0 Å². The molecule has 1 N–H and O–H groups in total. The molecule has 27 heavy (non-hydrogen) atoms. The fourth-order valence-corrected chi connectivity index (χ4v) is 3.37. The number of thiophene rings is 1. The van der Waals surface area contributed by atoms with E-state index in [0.29, 0.717) is 22.9 Å². The summed E-state index contributed by atoms with van der Waals surface area (Å²) in [6.45, 7) is 4.09. The third kappa shape index (κ3) is 6.21. The SMILES string of the molecule is CCN(CC(=O)Nc1cccc(OC)c1)C(=O)CCC(=O)c1ccc(C)s1. The highest BCUT2D eigenvalue weighted by molar-refractivity contribution is 7.14. The van der Waals surface area contributed by atoms with Crippen molar-refractivity contribution >= 4 is 34.6 Å². The summed E-state index contributed by atoms with van der Waals surface area (Å²) < 4.78 is 5.12. The molecule has 0 fully saturated rings. The van der Waals surface area contributed by atoms with Gasteiger partial charge >= 0.3 is 0 Å². The molecule has 0 saturated carbocycles. The third-order valence-corrected chi connectivity index (χ3v) is 5.05. The molecule has 0 aliphatic carbocycles. The molecule has 0 aliphatic rings. The van der Waals surface area contributed by atoms with E-state index in [0.717, 1.165) is 4.88 Å². The van der Waals surface area contributed by atoms with Crippen LogP contribution in [0.15, 0.2) is 36.4 Å². The van der Waals surface area contributed by atoms with Crippen molar-refractivity contribution < 1.29 is 19.1 Å². The number of ether oxygens (including phenoxy) is 1. The number of amides is 2. The van der Waals surface area contributed by atoms with Crippen LogP contribution in [0.25, 0.3) is 0 Å². The lowest BCUT2D eigenvalue weighted by Crippen LogP contribution is -2.38. The molecule has 0 radical (unpaired) electrons. The second kappa shape index (κ2) is 9.87. The van der Waals surface area contributed by atoms with Gasteiger partial charge in [0.1, 0.15) is 5.75 Å². The Labute approximate surface area is 163 Å². The summed E-state index contributed by atoms with van der Waals surface area (Å²) in [5, 5.41) is 2.75. The van der Waals surface area contributed by atoms with Crippen LogP contribution in [0.4, 0.5) is 5.69 Å². The highest BCUT2D eigenvalue weighted by atomic mass is 32.1. The minimum Gasteiger partial charge on any atom is -0.497 e. The van der Waals surface area contributed by atoms with Crippen LogP contribution >= 0.6 is 11.3 Å². The number of carbonyl (C=O) groups excluding carboxylic acids is 3. The minimum atomic E-state index is -0.293. The molecule has 2 aromatic rings. The number of likely N-dealkylation sites (N-methyl/N-ethyl adjacent to an activating group) is 1. The molecule has 0 unspecified atom stereocenters. The van der Waals surface area contributed by atoms with Gasteiger partial charge < -0.3 is 15.0 Å². The molecular weight excluding hydrogens is 364 g/mol. The van der Waals surface area contributed by atoms with Crippen molar-refractivity contribution in [3.05, 3.63) is 46.2 Å². The summed E-state index contributed by atoms with van der Waals surface area (Å²) in [6.07, 6.45) is 0.239. The lowest BCUT2D eigenvalue weighted by atomic mass is 10.1. The maximum absolute atomic E-state index is 12.4. The number of Topliss-reactive ketones (excluding diaryl/α,β-unsaturated/α-hetero) is 1. The first kappa shape index (κ1) is 20.6. The van der Waals surface area contributed by atoms with Crippen molar-refractivity contribution in [2.24, 2.45) is 0 Å². The maximum Gasteiger partial charge on any atom is 0.243 e. The number of ketones is 1. The van der Waals surface area contributed by atoms with E-state index in [-0.39, 0.29) is 37.0 Å². The monoisotopic (exact) mass is 388 g/mol. The fraction of sp³-hybridized carbons (Fsp3) is 0.350. The second-order valence-corrected chi connectivity index (χ2v) is 7.31. The second-order valence-electron chi connectivity index (χ2n) is 6.02. The molecule has 0 atom stereocenters. The standard InChI is InChI=1S/C20H24N2O4S/c1-4-22(13-19(24)21-15-6-5-7-16(12-15)26-3)20(25)11-9-17(23)18-10-8-14(2)27-18/h5-8,10,12H,4,9,11,13H2,1-3H3,(H,21,24). The summed E-state index contributed by atoms with van der Waals surface area (Å²) in [4.78, 5) is 39.9. The molecule has 0 aliphatic heterocycles. The molecule has 0 bridgehead atoms. The Morgan fingerprint density at radius 3 is 2.56 bits per heavy atom. The summed E-state index contributed by atoms with van der Waals surface area (Å²) in [5.41, 5.74) is 0.603. The molecule has 1 aromatic heterocycles. The predicted molar refractivity (Wildman–Crippen MR) is 106 cm³/mol. The van der Waals surface area contributed by atoms with Crippen molar-refractivity contribution in [2.75, 3.05) is 25.5 Å². The number of hydrogen-bond acceptors (Lipinski definition) is 5. The van der Waals surface area contributed by atoms with Gasteiger partial charge in [-0.05, 0) is 38.1 Å². The Hall–Kier alpha value is -2.67.